The van der Waals surface area contributed by atoms with E-state index in [1.54, 1.807) is 29.7 Å². The van der Waals surface area contributed by atoms with Crippen molar-refractivity contribution in [3.8, 4) is 0 Å². The fourth-order valence-corrected chi connectivity index (χ4v) is 7.84. The van der Waals surface area contributed by atoms with Crippen LogP contribution in [0.3, 0.4) is 0 Å². The van der Waals surface area contributed by atoms with Crippen molar-refractivity contribution < 1.29 is 19.3 Å². The van der Waals surface area contributed by atoms with E-state index in [2.05, 4.69) is 50.8 Å². The zero-order valence-electron chi connectivity index (χ0n) is 31.4. The monoisotopic (exact) mass is 764 g/mol. The van der Waals surface area contributed by atoms with Crippen LogP contribution in [0.15, 0.2) is 76.7 Å². The minimum absolute atomic E-state index is 0.144. The van der Waals surface area contributed by atoms with Crippen LogP contribution in [-0.2, 0) is 23.8 Å². The van der Waals surface area contributed by atoms with Gasteiger partial charge in [-0.3, -0.25) is 19.3 Å². The molecule has 0 saturated heterocycles. The van der Waals surface area contributed by atoms with Crippen LogP contribution < -0.4 is 21.6 Å². The van der Waals surface area contributed by atoms with Crippen LogP contribution in [0.2, 0.25) is 0 Å². The Balaban J connectivity index is 1.08. The molecule has 4 heterocycles. The van der Waals surface area contributed by atoms with Gasteiger partial charge >= 0.3 is 0 Å². The second kappa shape index (κ2) is 15.8. The summed E-state index contributed by atoms with van der Waals surface area (Å²) in [5, 5.41) is 8.41. The first-order valence-corrected chi connectivity index (χ1v) is 20.2. The smallest absolute Gasteiger partial charge is 0.279 e. The number of carbonyl (C=O) groups is 2. The molecule has 2 atom stereocenters. The number of amides is 2. The number of benzene rings is 2. The quantitative estimate of drug-likeness (QED) is 0.0636. The van der Waals surface area contributed by atoms with Gasteiger partial charge < -0.3 is 19.8 Å². The van der Waals surface area contributed by atoms with Crippen LogP contribution in [0, 0.1) is 19.8 Å². The fourth-order valence-electron chi connectivity index (χ4n) is 6.84. The maximum absolute atomic E-state index is 13.8. The lowest BCUT2D eigenvalue weighted by Crippen LogP contribution is -2.25. The van der Waals surface area contributed by atoms with E-state index in [1.807, 2.05) is 92.9 Å². The molecule has 0 bridgehead atoms. The Morgan fingerprint density at radius 2 is 1.37 bits per heavy atom. The van der Waals surface area contributed by atoms with E-state index in [0.29, 0.717) is 52.7 Å². The maximum Gasteiger partial charge on any atom is 0.279 e. The Morgan fingerprint density at radius 1 is 0.796 bits per heavy atom. The third kappa shape index (κ3) is 7.26. The highest BCUT2D eigenvalue weighted by molar-refractivity contribution is 7.98. The molecule has 1 fully saturated rings. The molecule has 14 heteroatoms. The van der Waals surface area contributed by atoms with Crippen molar-refractivity contribution >= 4 is 80.4 Å². The van der Waals surface area contributed by atoms with Crippen molar-refractivity contribution in [1.82, 2.24) is 30.1 Å². The van der Waals surface area contributed by atoms with E-state index >= 15 is 0 Å². The topological polar surface area (TPSA) is 136 Å². The zero-order chi connectivity index (χ0) is 38.1. The van der Waals surface area contributed by atoms with Crippen molar-refractivity contribution in [3.63, 3.8) is 0 Å². The van der Waals surface area contributed by atoms with Gasteiger partial charge in [-0.15, -0.1) is 23.5 Å². The van der Waals surface area contributed by atoms with E-state index in [-0.39, 0.29) is 23.7 Å². The number of hydrogen-bond acceptors (Lipinski definition) is 10. The molecule has 1 aliphatic carbocycles. The molecule has 1 aliphatic rings. The van der Waals surface area contributed by atoms with Crippen LogP contribution in [0.5, 0.6) is 0 Å². The second-order valence-corrected chi connectivity index (χ2v) is 15.1. The van der Waals surface area contributed by atoms with Crippen LogP contribution in [-0.4, -0.2) is 56.6 Å². The first kappa shape index (κ1) is 37.3. The minimum Gasteiger partial charge on any atom is -0.341 e. The molecular weight excluding hydrogens is 721 g/mol. The molecule has 2 amide bonds. The van der Waals surface area contributed by atoms with Gasteiger partial charge in [0.2, 0.25) is 0 Å². The highest BCUT2D eigenvalue weighted by atomic mass is 32.2. The van der Waals surface area contributed by atoms with E-state index in [1.165, 1.54) is 4.90 Å². The van der Waals surface area contributed by atoms with E-state index in [9.17, 15) is 9.59 Å². The third-order valence-electron chi connectivity index (χ3n) is 9.90. The number of hydrogen-bond donors (Lipinski definition) is 4. The van der Waals surface area contributed by atoms with Gasteiger partial charge in [0, 0.05) is 63.8 Å². The Labute approximate surface area is 322 Å². The molecule has 280 valence electrons. The number of aromatic nitrogens is 4. The number of pyridine rings is 2. The summed E-state index contributed by atoms with van der Waals surface area (Å²) >= 11 is 3.37. The summed E-state index contributed by atoms with van der Waals surface area (Å²) in [5.41, 5.74) is 12.4. The zero-order valence-corrected chi connectivity index (χ0v) is 33.0. The van der Waals surface area contributed by atoms with Gasteiger partial charge in [-0.1, -0.05) is 0 Å². The lowest BCUT2D eigenvalue weighted by molar-refractivity contribution is 0.0266. The van der Waals surface area contributed by atoms with Crippen LogP contribution >= 0.6 is 23.5 Å². The molecule has 4 N–H and O–H groups in total. The van der Waals surface area contributed by atoms with E-state index in [0.717, 1.165) is 44.9 Å². The van der Waals surface area contributed by atoms with Gasteiger partial charge in [0.05, 0.1) is 24.3 Å². The Bertz CT molecular complexity index is 2390. The van der Waals surface area contributed by atoms with Crippen LogP contribution in [0.1, 0.15) is 56.8 Å². The Kier molecular flexibility index (Phi) is 10.9. The number of nitrogens with one attached hydrogen (secondary N) is 4. The fraction of sp³-hybridized carbons (Fsp3) is 0.300. The number of thioether (sulfide) groups is 2. The molecule has 0 spiro atoms. The van der Waals surface area contributed by atoms with Gasteiger partial charge in [-0.25, -0.2) is 20.9 Å². The standard InChI is InChI=1S/C40H44N8O4S2/c1-8-51-45-39(49)34-28-13-16-32(44-36(28)48(5)38(34)43-31-15-12-26(54-7)19-23(31)3)29-20-24(29)21-52-46-40(50)33-27-10-9-17-41-35(27)47(4)37(33)42-30-14-11-25(53-6)18-22(30)2/h9-19,24,29,42-43H,8,20-21H2,1-7H3,(H,45,49)(H,46,50). The van der Waals surface area contributed by atoms with E-state index < -0.39 is 0 Å². The number of anilines is 4. The first-order valence-electron chi connectivity index (χ1n) is 17.7. The number of hydroxylamine groups is 2. The second-order valence-electron chi connectivity index (χ2n) is 13.4. The molecule has 2 unspecified atom stereocenters. The summed E-state index contributed by atoms with van der Waals surface area (Å²) in [7, 11) is 3.80. The van der Waals surface area contributed by atoms with Crippen molar-refractivity contribution in [2.24, 2.45) is 20.0 Å². The average molecular weight is 765 g/mol. The van der Waals surface area contributed by atoms with Gasteiger partial charge in [0.1, 0.15) is 22.9 Å². The molecular formula is C40H44N8O4S2. The van der Waals surface area contributed by atoms with Crippen molar-refractivity contribution in [2.45, 2.75) is 42.9 Å². The van der Waals surface area contributed by atoms with Crippen molar-refractivity contribution in [2.75, 3.05) is 36.4 Å². The summed E-state index contributed by atoms with van der Waals surface area (Å²) in [6.07, 6.45) is 6.67. The molecule has 1 saturated carbocycles. The lowest BCUT2D eigenvalue weighted by Gasteiger charge is -2.14. The van der Waals surface area contributed by atoms with Gasteiger partial charge in [-0.05, 0) is 117 Å². The molecule has 12 nitrogen and oxygen atoms in total. The van der Waals surface area contributed by atoms with E-state index in [4.69, 9.17) is 14.7 Å². The normalized spacial score (nSPS) is 15.1. The number of rotatable bonds is 14. The predicted molar refractivity (Wildman–Crippen MR) is 217 cm³/mol. The molecule has 0 aliphatic heterocycles. The molecule has 54 heavy (non-hydrogen) atoms. The maximum atomic E-state index is 13.8. The summed E-state index contributed by atoms with van der Waals surface area (Å²) in [6.45, 7) is 6.57. The summed E-state index contributed by atoms with van der Waals surface area (Å²) in [4.78, 5) is 50.3. The third-order valence-corrected chi connectivity index (χ3v) is 11.4. The number of carbonyl (C=O) groups excluding carboxylic acids is 2. The SMILES string of the molecule is CCONC(=O)c1c(Nc2ccc(SC)cc2C)n(C)c2nc(C3CC3CONC(=O)c3c(Nc4ccc(SC)cc4C)n(C)c4ncccc34)ccc12. The van der Waals surface area contributed by atoms with Gasteiger partial charge in [0.25, 0.3) is 11.8 Å². The largest absolute Gasteiger partial charge is 0.341 e. The molecule has 7 rings (SSSR count). The Hall–Kier alpha value is -5.02. The number of nitrogens with zero attached hydrogens (tertiary/aromatic N) is 4. The number of aryl methyl sites for hydroxylation is 4. The summed E-state index contributed by atoms with van der Waals surface area (Å²) in [5.74, 6) is 0.850. The number of fused-ring (bicyclic) bond motifs is 2. The summed E-state index contributed by atoms with van der Waals surface area (Å²) in [6, 6.07) is 20.0. The summed E-state index contributed by atoms with van der Waals surface area (Å²) < 4.78 is 3.81. The van der Waals surface area contributed by atoms with Gasteiger partial charge in [-0.2, -0.15) is 0 Å². The minimum atomic E-state index is -0.355. The van der Waals surface area contributed by atoms with Crippen molar-refractivity contribution in [3.05, 3.63) is 94.8 Å². The Morgan fingerprint density at radius 3 is 1.94 bits per heavy atom. The van der Waals surface area contributed by atoms with Crippen LogP contribution in [0.25, 0.3) is 22.1 Å². The molecule has 6 aromatic rings. The molecule has 4 aromatic heterocycles. The molecule has 0 radical (unpaired) electrons. The van der Waals surface area contributed by atoms with Crippen molar-refractivity contribution in [1.29, 1.82) is 0 Å². The average Bonchev–Trinajstić information content (AvgIpc) is 3.83. The van der Waals surface area contributed by atoms with Crippen LogP contribution in [0.4, 0.5) is 23.0 Å². The first-order chi connectivity index (χ1) is 26.1. The highest BCUT2D eigenvalue weighted by Crippen LogP contribution is 2.47. The molecule has 2 aromatic carbocycles. The van der Waals surface area contributed by atoms with Gasteiger partial charge in [0.15, 0.2) is 0 Å². The lowest BCUT2D eigenvalue weighted by atomic mass is 10.1. The predicted octanol–water partition coefficient (Wildman–Crippen LogP) is 8.15. The highest BCUT2D eigenvalue weighted by Gasteiger charge is 2.40.